The number of methoxy groups -OCH3 is 2. The topological polar surface area (TPSA) is 105 Å². The molecule has 1 amide bonds. The van der Waals surface area contributed by atoms with Crippen LogP contribution in [0.1, 0.15) is 67.2 Å². The maximum atomic E-state index is 12.2. The summed E-state index contributed by atoms with van der Waals surface area (Å²) in [6, 6.07) is 12.1. The minimum absolute atomic E-state index is 0.0853. The van der Waals surface area contributed by atoms with Crippen molar-refractivity contribution in [3.63, 3.8) is 0 Å². The number of piperidine rings is 2. The van der Waals surface area contributed by atoms with Crippen LogP contribution in [0.4, 0.5) is 0 Å². The molecule has 3 aliphatic rings. The van der Waals surface area contributed by atoms with Crippen LogP contribution in [0.25, 0.3) is 0 Å². The first-order valence-electron chi connectivity index (χ1n) is 19.9. The van der Waals surface area contributed by atoms with Crippen molar-refractivity contribution in [3.8, 4) is 0 Å². The molecule has 2 aromatic rings. The number of nitrogens with two attached hydrogens (primary N) is 1. The van der Waals surface area contributed by atoms with Crippen molar-refractivity contribution in [2.75, 3.05) is 46.9 Å². The van der Waals surface area contributed by atoms with Crippen LogP contribution >= 0.6 is 310 Å². The first-order chi connectivity index (χ1) is 32.5. The molecule has 32 heteroatoms. The van der Waals surface area contributed by atoms with Gasteiger partial charge in [0.2, 0.25) is 5.91 Å². The van der Waals surface area contributed by atoms with E-state index < -0.39 is 6.04 Å². The van der Waals surface area contributed by atoms with Gasteiger partial charge >= 0.3 is 312 Å². The molecule has 9 nitrogen and oxygen atoms in total. The van der Waals surface area contributed by atoms with E-state index in [1.165, 1.54) is 25.3 Å². The van der Waals surface area contributed by atoms with E-state index in [1.807, 2.05) is 26.0 Å². The number of carbonyl (C=O) groups is 3. The molecular formula is C37H52Cl2I21N4O5-. The van der Waals surface area contributed by atoms with Crippen LogP contribution in [-0.4, -0.2) is 91.6 Å². The predicted octanol–water partition coefficient (Wildman–Crippen LogP) is 20.5. The summed E-state index contributed by atoms with van der Waals surface area (Å²) in [7, 11) is 0.360. The number of carbonyl (C=O) groups excluding carboxylic acids is 3. The molecule has 3 saturated heterocycles. The Morgan fingerprint density at radius 1 is 0.710 bits per heavy atom. The van der Waals surface area contributed by atoms with E-state index >= 15 is 0 Å². The van der Waals surface area contributed by atoms with E-state index in [1.54, 1.807) is 4.90 Å². The van der Waals surface area contributed by atoms with Gasteiger partial charge in [0.25, 0.3) is 0 Å². The first-order valence-corrected chi connectivity index (χ1v) is 140. The van der Waals surface area contributed by atoms with Crippen molar-refractivity contribution in [3.05, 3.63) is 68.7 Å². The predicted molar refractivity (Wildman–Crippen MR) is 470 cm³/mol. The fourth-order valence-corrected chi connectivity index (χ4v) is 1890. The summed E-state index contributed by atoms with van der Waals surface area (Å²) in [6.45, 7) is 10.2. The molecule has 2 N–H and O–H groups in total. The second-order valence-electron chi connectivity index (χ2n) is 14.8. The Labute approximate surface area is 578 Å². The Bertz CT molecular complexity index is 1850. The second-order valence-corrected chi connectivity index (χ2v) is 422. The Balaban J connectivity index is 0.000000341. The molecule has 0 unspecified atom stereocenters. The van der Waals surface area contributed by atoms with Crippen LogP contribution in [0.5, 0.6) is 0 Å². The van der Waals surface area contributed by atoms with Crippen LogP contribution in [-0.2, 0) is 36.9 Å². The Kier molecular flexibility index (Phi) is 49.7. The molecule has 69 heavy (non-hydrogen) atoms. The van der Waals surface area contributed by atoms with Crippen molar-refractivity contribution in [2.45, 2.75) is 84.0 Å². The van der Waals surface area contributed by atoms with Crippen LogP contribution in [0, 0.1) is 25.7 Å². The van der Waals surface area contributed by atoms with Gasteiger partial charge in [0.1, 0.15) is 6.04 Å². The molecule has 0 bridgehead atoms. The van der Waals surface area contributed by atoms with Gasteiger partial charge in [-0.2, -0.15) is 0 Å². The van der Waals surface area contributed by atoms with E-state index in [0.717, 1.165) is 92.5 Å². The van der Waals surface area contributed by atoms with Crippen molar-refractivity contribution in [2.24, 2.45) is 17.6 Å². The Morgan fingerprint density at radius 2 is 1.14 bits per heavy atom. The SMILES string of the molecule is COC(=O)[C@@H](CN)CC1CCN(Cc2ccc(Cl)c(C)c2)CC1.COC(=O)[C@H]1CCC(=O)N1C1CCN(Cc2ccc(Cl)c(C)c2)CC1.II(I)I(I)I(I)I(I)I.I[I-]I(I)I(I)I(I)I(I)I. The third kappa shape index (κ3) is 30.6. The maximum absolute atomic E-state index is 12.2. The van der Waals surface area contributed by atoms with Crippen LogP contribution in [0.2, 0.25) is 10.0 Å². The molecule has 3 heterocycles. The molecule has 0 spiro atoms. The number of aryl methyl sites for hydroxylation is 2. The summed E-state index contributed by atoms with van der Waals surface area (Å²) in [5.41, 5.74) is 10.5. The molecule has 2 atom stereocenters. The molecule has 3 fully saturated rings. The second kappa shape index (κ2) is 44.1. The molecular weight excluding hydrogens is 3320 g/mol. The van der Waals surface area contributed by atoms with Crippen LogP contribution < -0.4 is 19.0 Å². The monoisotopic (exact) mass is 3370 g/mol. The third-order valence-corrected chi connectivity index (χ3v) is 1090. The quantitative estimate of drug-likeness (QED) is 0.123. The number of hydrogen-bond donors (Lipinski definition) is 1. The van der Waals surface area contributed by atoms with E-state index in [0.29, 0.717) is 38.6 Å². The fraction of sp³-hybridized carbons (Fsp3) is 0.595. The number of benzene rings is 2. The molecule has 412 valence electrons. The van der Waals surface area contributed by atoms with E-state index in [2.05, 4.69) is 257 Å². The summed E-state index contributed by atoms with van der Waals surface area (Å²) in [5, 5.41) is 1.62. The zero-order valence-corrected chi connectivity index (χ0v) is 83.6. The van der Waals surface area contributed by atoms with Crippen molar-refractivity contribution >= 4 is 328 Å². The number of likely N-dealkylation sites (tertiary alicyclic amines) is 3. The van der Waals surface area contributed by atoms with Gasteiger partial charge < -0.3 is 20.1 Å². The van der Waals surface area contributed by atoms with Gasteiger partial charge in [-0.3, -0.25) is 19.4 Å². The van der Waals surface area contributed by atoms with E-state index in [-0.39, 0.29) is 93.0 Å². The zero-order valence-electron chi connectivity index (χ0n) is 36.8. The molecule has 0 aliphatic carbocycles. The molecule has 0 aromatic heterocycles. The van der Waals surface area contributed by atoms with Gasteiger partial charge in [0.05, 0.1) is 20.1 Å². The fourth-order valence-electron chi connectivity index (χ4n) is 7.39. The summed E-state index contributed by atoms with van der Waals surface area (Å²) in [6.07, 6.45) is 5.88. The van der Waals surface area contributed by atoms with Gasteiger partial charge in [-0.1, -0.05) is 47.5 Å². The van der Waals surface area contributed by atoms with Gasteiger partial charge in [0.15, 0.2) is 0 Å². The van der Waals surface area contributed by atoms with Gasteiger partial charge in [-0.05, 0) is 106 Å². The van der Waals surface area contributed by atoms with Crippen LogP contribution in [0.3, 0.4) is 0 Å². The zero-order chi connectivity index (χ0) is 52.1. The van der Waals surface area contributed by atoms with Gasteiger partial charge in [0, 0.05) is 55.2 Å². The average Bonchev–Trinajstić information content (AvgIpc) is 3.73. The summed E-state index contributed by atoms with van der Waals surface area (Å²) in [4.78, 5) is 42.5. The number of esters is 2. The van der Waals surface area contributed by atoms with Crippen molar-refractivity contribution in [1.29, 1.82) is 0 Å². The molecule has 2 aromatic carbocycles. The molecule has 0 saturated carbocycles. The number of rotatable bonds is 17. The number of amides is 1. The minimum atomic E-state index is -0.395. The molecule has 0 radical (unpaired) electrons. The van der Waals surface area contributed by atoms with E-state index in [9.17, 15) is 14.4 Å². The number of nitrogens with zero attached hydrogens (tertiary/aromatic N) is 3. The number of hydrogen-bond acceptors (Lipinski definition) is 8. The van der Waals surface area contributed by atoms with Crippen molar-refractivity contribution < 1.29 is 37.1 Å². The Hall–Kier alpha value is 12.6. The van der Waals surface area contributed by atoms with E-state index in [4.69, 9.17) is 38.4 Å². The summed E-state index contributed by atoms with van der Waals surface area (Å²) < 4.78 is 9.70. The Morgan fingerprint density at radius 3 is 1.52 bits per heavy atom. The standard InChI is InChI=1S/C19H25ClN2O3.C18H27ClN2O2.I11.I10/c1-13-11-14(3-4-16(13)20)12-21-9-7-15(8-10-21)22-17(19(24)25-2)5-6-18(22)23;1-13-9-15(3-4-17(13)19)12-21-7-5-14(6-8-21)10-16(11-20)18(22)23-2;1-7-9(4)11(6)10(5)8(2)3;1-7(2)9(5)10(6)8(3)4/h3-4,11,15,17H,5-10,12H2,1-2H3;3-4,9,14,16H,5-8,10-12,20H2,1-2H3;;/q;;-1;/t17-;16-;;/m11../s1. The first kappa shape index (κ1) is 77.7. The summed E-state index contributed by atoms with van der Waals surface area (Å²) in [5.74, 6) is 0.0278. The molecule has 3 aliphatic heterocycles. The van der Waals surface area contributed by atoms with Gasteiger partial charge in [-0.15, -0.1) is 0 Å². The molecule has 5 rings (SSSR count). The third-order valence-electron chi connectivity index (χ3n) is 10.6. The number of ether oxygens (including phenoxy) is 2. The van der Waals surface area contributed by atoms with Crippen LogP contribution in [0.15, 0.2) is 36.4 Å². The van der Waals surface area contributed by atoms with Gasteiger partial charge in [-0.25, -0.2) is 4.79 Å². The number of halogens is 23. The normalized spacial score (nSPS) is 19.0. The van der Waals surface area contributed by atoms with Crippen molar-refractivity contribution in [1.82, 2.24) is 14.7 Å². The summed E-state index contributed by atoms with van der Waals surface area (Å²) >= 11 is 46.8. The average molecular weight is 3370 g/mol.